The van der Waals surface area contributed by atoms with Gasteiger partial charge >= 0.3 is 6.03 Å². The van der Waals surface area contributed by atoms with Gasteiger partial charge in [-0.05, 0) is 44.7 Å². The molecule has 1 aliphatic rings. The van der Waals surface area contributed by atoms with Crippen molar-refractivity contribution in [1.29, 1.82) is 0 Å². The smallest absolute Gasteiger partial charge is 0.319 e. The summed E-state index contributed by atoms with van der Waals surface area (Å²) in [5.74, 6) is 0. The van der Waals surface area contributed by atoms with E-state index in [-0.39, 0.29) is 18.7 Å². The third kappa shape index (κ3) is 4.63. The zero-order valence-electron chi connectivity index (χ0n) is 12.6. The van der Waals surface area contributed by atoms with Gasteiger partial charge < -0.3 is 20.6 Å². The van der Waals surface area contributed by atoms with Gasteiger partial charge in [0.2, 0.25) is 0 Å². The van der Waals surface area contributed by atoms with Gasteiger partial charge in [-0.2, -0.15) is 0 Å². The molecule has 1 aromatic carbocycles. The molecule has 0 saturated carbocycles. The van der Waals surface area contributed by atoms with Crippen molar-refractivity contribution < 1.29 is 9.90 Å². The van der Waals surface area contributed by atoms with E-state index >= 15 is 0 Å². The number of aliphatic hydroxyl groups excluding tert-OH is 1. The maximum Gasteiger partial charge on any atom is 0.319 e. The molecule has 1 heterocycles. The number of aliphatic hydroxyl groups is 1. The monoisotopic (exact) mass is 291 g/mol. The summed E-state index contributed by atoms with van der Waals surface area (Å²) in [7, 11) is 0. The van der Waals surface area contributed by atoms with Crippen LogP contribution in [0.25, 0.3) is 0 Å². The summed E-state index contributed by atoms with van der Waals surface area (Å²) in [6.45, 7) is 4.04. The van der Waals surface area contributed by atoms with E-state index in [4.69, 9.17) is 5.11 Å². The van der Waals surface area contributed by atoms with Gasteiger partial charge in [-0.3, -0.25) is 0 Å². The maximum absolute atomic E-state index is 12.0. The summed E-state index contributed by atoms with van der Waals surface area (Å²) in [6.07, 6.45) is 4.24. The summed E-state index contributed by atoms with van der Waals surface area (Å²) < 4.78 is 0. The Morgan fingerprint density at radius 2 is 2.00 bits per heavy atom. The van der Waals surface area contributed by atoms with E-state index in [1.165, 1.54) is 19.3 Å². The highest BCUT2D eigenvalue weighted by Crippen LogP contribution is 2.28. The number of carbonyl (C=O) groups is 1. The molecule has 0 aliphatic carbocycles. The molecule has 3 N–H and O–H groups in total. The standard InChI is InChI=1S/C16H25N3O2/c1-13(9-12-20)17-16(21)18-14-7-3-4-8-15(14)19-10-5-2-6-11-19/h3-4,7-8,13,20H,2,5-6,9-12H2,1H3,(H2,17,18,21)/t13-/m1/s1. The number of para-hydroxylation sites is 2. The maximum atomic E-state index is 12.0. The van der Waals surface area contributed by atoms with E-state index < -0.39 is 0 Å². The lowest BCUT2D eigenvalue weighted by Crippen LogP contribution is -2.37. The van der Waals surface area contributed by atoms with Crippen molar-refractivity contribution in [3.8, 4) is 0 Å². The molecule has 0 spiro atoms. The molecule has 2 rings (SSSR count). The summed E-state index contributed by atoms with van der Waals surface area (Å²) in [4.78, 5) is 14.3. The van der Waals surface area contributed by atoms with Gasteiger partial charge in [-0.1, -0.05) is 12.1 Å². The Kier molecular flexibility index (Phi) is 5.87. The van der Waals surface area contributed by atoms with Gasteiger partial charge in [0.1, 0.15) is 0 Å². The molecule has 1 fully saturated rings. The molecule has 5 heteroatoms. The van der Waals surface area contributed by atoms with Crippen LogP contribution in [0.3, 0.4) is 0 Å². The zero-order chi connectivity index (χ0) is 15.1. The van der Waals surface area contributed by atoms with E-state index in [1.807, 2.05) is 25.1 Å². The topological polar surface area (TPSA) is 64.6 Å². The third-order valence-electron chi connectivity index (χ3n) is 3.79. The number of piperidine rings is 1. The molecule has 1 atom stereocenters. The Morgan fingerprint density at radius 1 is 1.29 bits per heavy atom. The Hall–Kier alpha value is -1.75. The fourth-order valence-corrected chi connectivity index (χ4v) is 2.64. The lowest BCUT2D eigenvalue weighted by Gasteiger charge is -2.30. The van der Waals surface area contributed by atoms with Gasteiger partial charge in [-0.25, -0.2) is 4.79 Å². The average molecular weight is 291 g/mol. The van der Waals surface area contributed by atoms with Crippen LogP contribution < -0.4 is 15.5 Å². The molecule has 0 bridgehead atoms. The first-order valence-corrected chi connectivity index (χ1v) is 7.73. The first-order chi connectivity index (χ1) is 10.2. The van der Waals surface area contributed by atoms with Crippen molar-refractivity contribution >= 4 is 17.4 Å². The molecule has 0 aromatic heterocycles. The van der Waals surface area contributed by atoms with Crippen molar-refractivity contribution in [3.05, 3.63) is 24.3 Å². The minimum Gasteiger partial charge on any atom is -0.396 e. The molecule has 1 saturated heterocycles. The van der Waals surface area contributed by atoms with Crippen LogP contribution in [0.4, 0.5) is 16.2 Å². The number of carbonyl (C=O) groups excluding carboxylic acids is 1. The first kappa shape index (κ1) is 15.6. The van der Waals surface area contributed by atoms with Crippen LogP contribution >= 0.6 is 0 Å². The summed E-state index contributed by atoms with van der Waals surface area (Å²) >= 11 is 0. The summed E-state index contributed by atoms with van der Waals surface area (Å²) in [6, 6.07) is 7.65. The van der Waals surface area contributed by atoms with E-state index in [9.17, 15) is 4.79 Å². The molecule has 0 unspecified atom stereocenters. The first-order valence-electron chi connectivity index (χ1n) is 7.73. The normalized spacial score (nSPS) is 16.4. The van der Waals surface area contributed by atoms with Gasteiger partial charge in [-0.15, -0.1) is 0 Å². The highest BCUT2D eigenvalue weighted by Gasteiger charge is 2.15. The van der Waals surface area contributed by atoms with Gasteiger partial charge in [0.05, 0.1) is 11.4 Å². The zero-order valence-corrected chi connectivity index (χ0v) is 12.6. The van der Waals surface area contributed by atoms with Gasteiger partial charge in [0, 0.05) is 25.7 Å². The Morgan fingerprint density at radius 3 is 2.71 bits per heavy atom. The largest absolute Gasteiger partial charge is 0.396 e. The van der Waals surface area contributed by atoms with Crippen LogP contribution in [0.1, 0.15) is 32.6 Å². The molecule has 5 nitrogen and oxygen atoms in total. The molecular formula is C16H25N3O2. The Balaban J connectivity index is 2.00. The fraction of sp³-hybridized carbons (Fsp3) is 0.562. The Bertz CT molecular complexity index is 459. The number of anilines is 2. The van der Waals surface area contributed by atoms with E-state index in [2.05, 4.69) is 21.6 Å². The van der Waals surface area contributed by atoms with Crippen LogP contribution in [-0.4, -0.2) is 36.9 Å². The number of amides is 2. The fourth-order valence-electron chi connectivity index (χ4n) is 2.64. The van der Waals surface area contributed by atoms with Crippen LogP contribution in [0.5, 0.6) is 0 Å². The molecule has 1 aromatic rings. The number of hydrogen-bond acceptors (Lipinski definition) is 3. The lowest BCUT2D eigenvalue weighted by molar-refractivity contribution is 0.241. The van der Waals surface area contributed by atoms with E-state index in [0.717, 1.165) is 24.5 Å². The van der Waals surface area contributed by atoms with E-state index in [1.54, 1.807) is 0 Å². The van der Waals surface area contributed by atoms with E-state index in [0.29, 0.717) is 6.42 Å². The number of benzene rings is 1. The summed E-state index contributed by atoms with van der Waals surface area (Å²) in [5.41, 5.74) is 1.93. The number of nitrogens with one attached hydrogen (secondary N) is 2. The van der Waals surface area contributed by atoms with Crippen molar-refractivity contribution in [1.82, 2.24) is 5.32 Å². The highest BCUT2D eigenvalue weighted by molar-refractivity contribution is 5.93. The molecule has 116 valence electrons. The number of rotatable bonds is 5. The SMILES string of the molecule is C[C@H](CCO)NC(=O)Nc1ccccc1N1CCCCC1. The lowest BCUT2D eigenvalue weighted by atomic mass is 10.1. The van der Waals surface area contributed by atoms with Gasteiger partial charge in [0.15, 0.2) is 0 Å². The molecule has 2 amide bonds. The second kappa shape index (κ2) is 7.88. The Labute approximate surface area is 126 Å². The third-order valence-corrected chi connectivity index (χ3v) is 3.79. The minimum absolute atomic E-state index is 0.0443. The predicted octanol–water partition coefficient (Wildman–Crippen LogP) is 2.57. The second-order valence-electron chi connectivity index (χ2n) is 5.58. The van der Waals surface area contributed by atoms with Crippen LogP contribution in [-0.2, 0) is 0 Å². The van der Waals surface area contributed by atoms with Crippen LogP contribution in [0.15, 0.2) is 24.3 Å². The quantitative estimate of drug-likeness (QED) is 0.781. The number of urea groups is 1. The minimum atomic E-state index is -0.222. The molecule has 1 aliphatic heterocycles. The predicted molar refractivity (Wildman–Crippen MR) is 85.8 cm³/mol. The van der Waals surface area contributed by atoms with Crippen LogP contribution in [0, 0.1) is 0 Å². The van der Waals surface area contributed by atoms with Gasteiger partial charge in [0.25, 0.3) is 0 Å². The van der Waals surface area contributed by atoms with Crippen molar-refractivity contribution in [3.63, 3.8) is 0 Å². The average Bonchev–Trinajstić information content (AvgIpc) is 2.48. The number of nitrogens with zero attached hydrogens (tertiary/aromatic N) is 1. The van der Waals surface area contributed by atoms with Crippen molar-refractivity contribution in [2.24, 2.45) is 0 Å². The molecular weight excluding hydrogens is 266 g/mol. The van der Waals surface area contributed by atoms with Crippen molar-refractivity contribution in [2.75, 3.05) is 29.9 Å². The summed E-state index contributed by atoms with van der Waals surface area (Å²) in [5, 5.41) is 14.6. The van der Waals surface area contributed by atoms with Crippen LogP contribution in [0.2, 0.25) is 0 Å². The second-order valence-corrected chi connectivity index (χ2v) is 5.58. The number of hydrogen-bond donors (Lipinski definition) is 3. The highest BCUT2D eigenvalue weighted by atomic mass is 16.3. The van der Waals surface area contributed by atoms with Crippen molar-refractivity contribution in [2.45, 2.75) is 38.6 Å². The molecule has 21 heavy (non-hydrogen) atoms. The molecule has 0 radical (unpaired) electrons.